The fourth-order valence-corrected chi connectivity index (χ4v) is 6.82. The number of amides is 2. The second kappa shape index (κ2) is 7.36. The molecule has 1 heterocycles. The van der Waals surface area contributed by atoms with Gasteiger partial charge in [0.25, 0.3) is 0 Å². The summed E-state index contributed by atoms with van der Waals surface area (Å²) in [7, 11) is 3.21. The molecule has 5 heteroatoms. The van der Waals surface area contributed by atoms with E-state index in [1.54, 1.807) is 14.2 Å². The van der Waals surface area contributed by atoms with E-state index < -0.39 is 23.5 Å². The molecule has 0 saturated carbocycles. The van der Waals surface area contributed by atoms with Crippen LogP contribution in [-0.4, -0.2) is 32.3 Å². The number of methoxy groups -OCH3 is 2. The molecule has 0 spiro atoms. The van der Waals surface area contributed by atoms with Crippen molar-refractivity contribution in [2.24, 2.45) is 11.8 Å². The summed E-state index contributed by atoms with van der Waals surface area (Å²) in [6.45, 7) is 4.02. The highest BCUT2D eigenvalue weighted by molar-refractivity contribution is 6.23. The number of hydrogen-bond acceptors (Lipinski definition) is 4. The molecule has 3 aromatic rings. The Morgan fingerprint density at radius 3 is 1.94 bits per heavy atom. The minimum atomic E-state index is -0.933. The number of hydrogen-bond donors (Lipinski definition) is 0. The van der Waals surface area contributed by atoms with Crippen LogP contribution in [0, 0.1) is 25.7 Å². The molecule has 4 aliphatic rings. The molecule has 3 aromatic carbocycles. The highest BCUT2D eigenvalue weighted by Gasteiger charge is 2.71. The molecule has 7 rings (SSSR count). The predicted molar refractivity (Wildman–Crippen MR) is 129 cm³/mol. The molecule has 2 bridgehead atoms. The zero-order valence-electron chi connectivity index (χ0n) is 19.7. The van der Waals surface area contributed by atoms with Crippen molar-refractivity contribution >= 4 is 17.5 Å². The first-order valence-electron chi connectivity index (χ1n) is 11.7. The van der Waals surface area contributed by atoms with Gasteiger partial charge in [-0.25, -0.2) is 4.90 Å². The van der Waals surface area contributed by atoms with Crippen LogP contribution in [0.5, 0.6) is 0 Å². The largest absolute Gasteiger partial charge is 0.355 e. The summed E-state index contributed by atoms with van der Waals surface area (Å²) in [4.78, 5) is 29.8. The van der Waals surface area contributed by atoms with Gasteiger partial charge in [-0.1, -0.05) is 54.6 Å². The summed E-state index contributed by atoms with van der Waals surface area (Å²) in [6.07, 6.45) is -0.736. The van der Waals surface area contributed by atoms with Crippen LogP contribution >= 0.6 is 0 Å². The monoisotopic (exact) mass is 453 g/mol. The molecule has 34 heavy (non-hydrogen) atoms. The second-order valence-corrected chi connectivity index (χ2v) is 9.61. The summed E-state index contributed by atoms with van der Waals surface area (Å²) in [6, 6.07) is 22.0. The molecule has 0 radical (unpaired) electrons. The van der Waals surface area contributed by atoms with E-state index in [1.807, 2.05) is 56.3 Å². The highest BCUT2D eigenvalue weighted by atomic mass is 16.7. The number of aryl methyl sites for hydroxylation is 2. The quantitative estimate of drug-likeness (QED) is 0.432. The number of carbonyl (C=O) groups excluding carboxylic acids is 2. The first-order valence-corrected chi connectivity index (χ1v) is 11.7. The van der Waals surface area contributed by atoms with Crippen LogP contribution in [-0.2, 0) is 24.5 Å². The maximum absolute atomic E-state index is 14.3. The molecule has 5 nitrogen and oxygen atoms in total. The van der Waals surface area contributed by atoms with E-state index >= 15 is 0 Å². The number of anilines is 1. The molecule has 0 aromatic heterocycles. The minimum absolute atomic E-state index is 0.150. The fraction of sp³-hybridized carbons (Fsp3) is 0.310. The van der Waals surface area contributed by atoms with Crippen LogP contribution in [0.3, 0.4) is 0 Å². The lowest BCUT2D eigenvalue weighted by Crippen LogP contribution is -2.60. The Morgan fingerprint density at radius 2 is 1.38 bits per heavy atom. The standard InChI is InChI=1S/C29H27NO4/c1-16-13-14-18(15-17(16)2)30-26(31)24-23-19-9-5-7-11-21(19)29(25(24)27(30)32,28(33-3)34-4)22-12-8-6-10-20(22)23/h5-15,23-25,28H,1-4H3. The molecular weight excluding hydrogens is 426 g/mol. The average Bonchev–Trinajstić information content (AvgIpc) is 3.13. The van der Waals surface area contributed by atoms with Gasteiger partial charge >= 0.3 is 0 Å². The SMILES string of the molecule is COC(OC)C12c3ccccc3C(c3ccccc31)C1C(=O)N(c3ccc(C)c(C)c3)C(=O)C12. The Balaban J connectivity index is 1.66. The third-order valence-electron chi connectivity index (χ3n) is 8.23. The molecule has 1 fully saturated rings. The van der Waals surface area contributed by atoms with Gasteiger partial charge in [-0.15, -0.1) is 0 Å². The van der Waals surface area contributed by atoms with Gasteiger partial charge in [-0.2, -0.15) is 0 Å². The minimum Gasteiger partial charge on any atom is -0.355 e. The van der Waals surface area contributed by atoms with Crippen molar-refractivity contribution in [1.82, 2.24) is 0 Å². The van der Waals surface area contributed by atoms with Crippen molar-refractivity contribution < 1.29 is 19.1 Å². The van der Waals surface area contributed by atoms with Crippen LogP contribution < -0.4 is 4.90 Å². The van der Waals surface area contributed by atoms with Crippen molar-refractivity contribution in [2.75, 3.05) is 19.1 Å². The molecule has 3 aliphatic carbocycles. The summed E-state index contributed by atoms with van der Waals surface area (Å²) in [5.41, 5.74) is 6.03. The molecule has 2 unspecified atom stereocenters. The van der Waals surface area contributed by atoms with Gasteiger partial charge in [0.1, 0.15) is 0 Å². The Labute approximate surface area is 199 Å². The van der Waals surface area contributed by atoms with Gasteiger partial charge in [0.15, 0.2) is 6.29 Å². The van der Waals surface area contributed by atoms with Gasteiger partial charge in [-0.3, -0.25) is 9.59 Å². The predicted octanol–water partition coefficient (Wildman–Crippen LogP) is 4.47. The molecule has 1 saturated heterocycles. The van der Waals surface area contributed by atoms with Gasteiger partial charge in [0, 0.05) is 20.1 Å². The van der Waals surface area contributed by atoms with Crippen molar-refractivity contribution in [3.63, 3.8) is 0 Å². The van der Waals surface area contributed by atoms with E-state index in [0.29, 0.717) is 5.69 Å². The Bertz CT molecular complexity index is 1290. The molecular formula is C29H27NO4. The maximum atomic E-state index is 14.3. The number of nitrogens with zero attached hydrogens (tertiary/aromatic N) is 1. The van der Waals surface area contributed by atoms with Crippen molar-refractivity contribution in [3.8, 4) is 0 Å². The lowest BCUT2D eigenvalue weighted by atomic mass is 9.47. The Morgan fingerprint density at radius 1 is 0.794 bits per heavy atom. The summed E-state index contributed by atoms with van der Waals surface area (Å²) in [5, 5.41) is 0. The molecule has 2 amide bonds. The third kappa shape index (κ3) is 2.41. The fourth-order valence-electron chi connectivity index (χ4n) is 6.82. The van der Waals surface area contributed by atoms with E-state index in [0.717, 1.165) is 33.4 Å². The second-order valence-electron chi connectivity index (χ2n) is 9.61. The number of carbonyl (C=O) groups is 2. The van der Waals surface area contributed by atoms with E-state index in [9.17, 15) is 9.59 Å². The summed E-state index contributed by atoms with van der Waals surface area (Å²) in [5.74, 6) is -1.68. The Hall–Kier alpha value is -3.28. The third-order valence-corrected chi connectivity index (χ3v) is 8.23. The lowest BCUT2D eigenvalue weighted by molar-refractivity contribution is -0.168. The normalized spacial score (nSPS) is 26.6. The molecule has 172 valence electrons. The topological polar surface area (TPSA) is 55.8 Å². The molecule has 0 N–H and O–H groups in total. The van der Waals surface area contributed by atoms with Crippen molar-refractivity contribution in [3.05, 3.63) is 100 Å². The first-order chi connectivity index (χ1) is 16.5. The van der Waals surface area contributed by atoms with E-state index in [-0.39, 0.29) is 17.7 Å². The number of rotatable bonds is 4. The van der Waals surface area contributed by atoms with Crippen molar-refractivity contribution in [1.29, 1.82) is 0 Å². The number of imide groups is 1. The van der Waals surface area contributed by atoms with E-state index in [4.69, 9.17) is 9.47 Å². The summed E-state index contributed by atoms with van der Waals surface area (Å²) < 4.78 is 11.9. The van der Waals surface area contributed by atoms with Crippen LogP contribution in [0.1, 0.15) is 39.3 Å². The van der Waals surface area contributed by atoms with Crippen molar-refractivity contribution in [2.45, 2.75) is 31.5 Å². The smallest absolute Gasteiger partial charge is 0.239 e. The van der Waals surface area contributed by atoms with Crippen LogP contribution in [0.2, 0.25) is 0 Å². The molecule has 2 atom stereocenters. The summed E-state index contributed by atoms with van der Waals surface area (Å²) >= 11 is 0. The van der Waals surface area contributed by atoms with E-state index in [2.05, 4.69) is 24.3 Å². The van der Waals surface area contributed by atoms with Crippen LogP contribution in [0.4, 0.5) is 5.69 Å². The number of benzene rings is 3. The zero-order valence-corrected chi connectivity index (χ0v) is 19.7. The van der Waals surface area contributed by atoms with Gasteiger partial charge in [0.05, 0.1) is 22.9 Å². The number of ether oxygens (including phenoxy) is 2. The lowest BCUT2D eigenvalue weighted by Gasteiger charge is -2.56. The molecule has 1 aliphatic heterocycles. The maximum Gasteiger partial charge on any atom is 0.239 e. The van der Waals surface area contributed by atoms with Gasteiger partial charge in [0.2, 0.25) is 11.8 Å². The Kier molecular flexibility index (Phi) is 4.60. The van der Waals surface area contributed by atoms with Crippen LogP contribution in [0.25, 0.3) is 0 Å². The van der Waals surface area contributed by atoms with Crippen LogP contribution in [0.15, 0.2) is 66.7 Å². The first kappa shape index (κ1) is 21.3. The van der Waals surface area contributed by atoms with Gasteiger partial charge in [-0.05, 0) is 59.4 Å². The zero-order chi connectivity index (χ0) is 23.8. The van der Waals surface area contributed by atoms with Gasteiger partial charge < -0.3 is 9.47 Å². The highest BCUT2D eigenvalue weighted by Crippen LogP contribution is 2.65. The van der Waals surface area contributed by atoms with E-state index in [1.165, 1.54) is 4.90 Å². The average molecular weight is 454 g/mol.